The van der Waals surface area contributed by atoms with Gasteiger partial charge in [-0.1, -0.05) is 0 Å². The smallest absolute Gasteiger partial charge is 0.323 e. The molecule has 1 aromatic rings. The van der Waals surface area contributed by atoms with Gasteiger partial charge in [0.15, 0.2) is 0 Å². The molecule has 2 atom stereocenters. The van der Waals surface area contributed by atoms with Crippen LogP contribution < -0.4 is 5.56 Å². The van der Waals surface area contributed by atoms with Crippen molar-refractivity contribution in [2.24, 2.45) is 0 Å². The van der Waals surface area contributed by atoms with E-state index in [1.165, 1.54) is 13.2 Å². The number of aryl methyl sites for hydroxylation is 1. The van der Waals surface area contributed by atoms with Crippen molar-refractivity contribution in [2.45, 2.75) is 25.6 Å². The van der Waals surface area contributed by atoms with E-state index in [0.29, 0.717) is 32.1 Å². The number of nitrogens with zero attached hydrogens (tertiary/aromatic N) is 2. The number of carbonyl (C=O) groups is 1. The first kappa shape index (κ1) is 18.7. The van der Waals surface area contributed by atoms with Crippen LogP contribution in [-0.2, 0) is 20.8 Å². The summed E-state index contributed by atoms with van der Waals surface area (Å²) in [5, 5.41) is 9.50. The Bertz CT molecular complexity index is 537. The largest absolute Gasteiger partial charge is 0.480 e. The summed E-state index contributed by atoms with van der Waals surface area (Å²) in [5.41, 5.74) is -0.305. The minimum atomic E-state index is -0.986. The molecule has 0 saturated carbocycles. The minimum Gasteiger partial charge on any atom is -0.480 e. The van der Waals surface area contributed by atoms with Crippen LogP contribution in [0.3, 0.4) is 0 Å². The molecule has 9 heteroatoms. The SMILES string of the molecule is COC(Cn1oc(C)cc1=O)C(C(=O)O)N1CCOCC1.Cl. The van der Waals surface area contributed by atoms with Crippen LogP contribution in [0.5, 0.6) is 0 Å². The highest BCUT2D eigenvalue weighted by molar-refractivity contribution is 5.85. The molecule has 0 aromatic carbocycles. The first-order valence-corrected chi connectivity index (χ1v) is 6.78. The molecule has 2 heterocycles. The van der Waals surface area contributed by atoms with E-state index in [0.717, 1.165) is 4.74 Å². The van der Waals surface area contributed by atoms with Gasteiger partial charge in [0.2, 0.25) is 0 Å². The zero-order chi connectivity index (χ0) is 15.4. The molecule has 1 aromatic heterocycles. The van der Waals surface area contributed by atoms with Crippen molar-refractivity contribution >= 4 is 18.4 Å². The van der Waals surface area contributed by atoms with Gasteiger partial charge in [-0.3, -0.25) is 14.5 Å². The zero-order valence-corrected chi connectivity index (χ0v) is 13.4. The van der Waals surface area contributed by atoms with E-state index in [1.807, 2.05) is 0 Å². The summed E-state index contributed by atoms with van der Waals surface area (Å²) >= 11 is 0. The summed E-state index contributed by atoms with van der Waals surface area (Å²) in [7, 11) is 1.43. The Hall–Kier alpha value is -1.35. The third-order valence-corrected chi connectivity index (χ3v) is 3.52. The first-order chi connectivity index (χ1) is 10.0. The fourth-order valence-corrected chi connectivity index (χ4v) is 2.49. The molecule has 0 amide bonds. The van der Waals surface area contributed by atoms with Crippen LogP contribution in [0.2, 0.25) is 0 Å². The molecule has 1 aliphatic rings. The van der Waals surface area contributed by atoms with Crippen LogP contribution in [0.25, 0.3) is 0 Å². The number of rotatable bonds is 6. The highest BCUT2D eigenvalue weighted by Crippen LogP contribution is 2.13. The highest BCUT2D eigenvalue weighted by atomic mass is 35.5. The van der Waals surface area contributed by atoms with Gasteiger partial charge in [-0.2, -0.15) is 4.74 Å². The third-order valence-electron chi connectivity index (χ3n) is 3.52. The lowest BCUT2D eigenvalue weighted by molar-refractivity contribution is -0.152. The lowest BCUT2D eigenvalue weighted by Gasteiger charge is -2.35. The van der Waals surface area contributed by atoms with Crippen molar-refractivity contribution in [3.8, 4) is 0 Å². The maximum atomic E-state index is 11.7. The fraction of sp³-hybridized carbons (Fsp3) is 0.692. The summed E-state index contributed by atoms with van der Waals surface area (Å²) in [5.74, 6) is -0.506. The number of halogens is 1. The standard InChI is InChI=1S/C13H20N2O6.ClH/c1-9-7-11(16)15(21-9)8-10(19-2)12(13(17)18)14-3-5-20-6-4-14;/h7,10,12H,3-6,8H2,1-2H3,(H,17,18);1H. The van der Waals surface area contributed by atoms with Crippen molar-refractivity contribution in [1.82, 2.24) is 9.64 Å². The second-order valence-corrected chi connectivity index (χ2v) is 4.95. The van der Waals surface area contributed by atoms with Crippen LogP contribution in [0, 0.1) is 6.92 Å². The molecule has 2 rings (SSSR count). The maximum Gasteiger partial charge on any atom is 0.323 e. The van der Waals surface area contributed by atoms with E-state index in [4.69, 9.17) is 14.0 Å². The van der Waals surface area contributed by atoms with Crippen molar-refractivity contribution in [3.05, 3.63) is 22.2 Å². The Kier molecular flexibility index (Phi) is 7.08. The molecule has 1 aliphatic heterocycles. The van der Waals surface area contributed by atoms with Gasteiger partial charge >= 0.3 is 5.97 Å². The van der Waals surface area contributed by atoms with Gasteiger partial charge in [0.25, 0.3) is 5.56 Å². The van der Waals surface area contributed by atoms with E-state index in [2.05, 4.69) is 0 Å². The van der Waals surface area contributed by atoms with E-state index in [-0.39, 0.29) is 24.5 Å². The molecule has 0 bridgehead atoms. The zero-order valence-electron chi connectivity index (χ0n) is 12.6. The Morgan fingerprint density at radius 1 is 1.45 bits per heavy atom. The second kappa shape index (κ2) is 8.33. The quantitative estimate of drug-likeness (QED) is 0.779. The normalized spacial score (nSPS) is 18.5. The predicted molar refractivity (Wildman–Crippen MR) is 79.6 cm³/mol. The number of morpholine rings is 1. The van der Waals surface area contributed by atoms with Crippen molar-refractivity contribution < 1.29 is 23.9 Å². The first-order valence-electron chi connectivity index (χ1n) is 6.78. The lowest BCUT2D eigenvalue weighted by atomic mass is 10.1. The number of carboxylic acid groups (broad SMARTS) is 1. The molecule has 0 aliphatic carbocycles. The van der Waals surface area contributed by atoms with Crippen molar-refractivity contribution in [3.63, 3.8) is 0 Å². The Labute approximate surface area is 134 Å². The van der Waals surface area contributed by atoms with Gasteiger partial charge in [-0.25, -0.2) is 0 Å². The average Bonchev–Trinajstić information content (AvgIpc) is 2.77. The summed E-state index contributed by atoms with van der Waals surface area (Å²) in [4.78, 5) is 25.1. The van der Waals surface area contributed by atoms with Gasteiger partial charge in [-0.15, -0.1) is 12.4 Å². The molecule has 22 heavy (non-hydrogen) atoms. The molecule has 1 fully saturated rings. The van der Waals surface area contributed by atoms with Crippen LogP contribution in [0.4, 0.5) is 0 Å². The molecule has 1 N–H and O–H groups in total. The van der Waals surface area contributed by atoms with E-state index >= 15 is 0 Å². The van der Waals surface area contributed by atoms with Gasteiger partial charge in [-0.05, 0) is 6.92 Å². The number of ether oxygens (including phenoxy) is 2. The predicted octanol–water partition coefficient (Wildman–Crippen LogP) is -0.0281. The topological polar surface area (TPSA) is 94.1 Å². The summed E-state index contributed by atoms with van der Waals surface area (Å²) in [6.07, 6.45) is -0.691. The number of aromatic nitrogens is 1. The number of hydrogen-bond acceptors (Lipinski definition) is 6. The summed E-state index contributed by atoms with van der Waals surface area (Å²) in [6, 6.07) is 0.508. The van der Waals surface area contributed by atoms with Crippen LogP contribution in [0.1, 0.15) is 5.76 Å². The Morgan fingerprint density at radius 2 is 2.09 bits per heavy atom. The van der Waals surface area contributed by atoms with Crippen LogP contribution in [0.15, 0.2) is 15.4 Å². The lowest BCUT2D eigenvalue weighted by Crippen LogP contribution is -2.55. The monoisotopic (exact) mass is 336 g/mol. The number of carboxylic acids is 1. The Balaban J connectivity index is 0.00000242. The molecular formula is C13H21ClN2O6. The Morgan fingerprint density at radius 3 is 2.55 bits per heavy atom. The molecule has 2 unspecified atom stereocenters. The summed E-state index contributed by atoms with van der Waals surface area (Å²) < 4.78 is 16.9. The van der Waals surface area contributed by atoms with Gasteiger partial charge in [0.05, 0.1) is 19.8 Å². The number of aliphatic carboxylic acids is 1. The molecule has 0 spiro atoms. The van der Waals surface area contributed by atoms with Crippen molar-refractivity contribution in [2.75, 3.05) is 33.4 Å². The number of methoxy groups -OCH3 is 1. The molecule has 0 radical (unpaired) electrons. The number of hydrogen-bond donors (Lipinski definition) is 1. The highest BCUT2D eigenvalue weighted by Gasteiger charge is 2.35. The van der Waals surface area contributed by atoms with Gasteiger partial charge in [0.1, 0.15) is 17.9 Å². The fourth-order valence-electron chi connectivity index (χ4n) is 2.49. The van der Waals surface area contributed by atoms with E-state index in [1.54, 1.807) is 11.8 Å². The van der Waals surface area contributed by atoms with E-state index < -0.39 is 18.1 Å². The third kappa shape index (κ3) is 4.33. The summed E-state index contributed by atoms with van der Waals surface area (Å²) in [6.45, 7) is 3.72. The van der Waals surface area contributed by atoms with Crippen LogP contribution >= 0.6 is 12.4 Å². The second-order valence-electron chi connectivity index (χ2n) is 4.95. The maximum absolute atomic E-state index is 11.7. The average molecular weight is 337 g/mol. The van der Waals surface area contributed by atoms with Gasteiger partial charge < -0.3 is 19.1 Å². The van der Waals surface area contributed by atoms with E-state index in [9.17, 15) is 14.7 Å². The molecular weight excluding hydrogens is 316 g/mol. The molecule has 1 saturated heterocycles. The molecule has 126 valence electrons. The van der Waals surface area contributed by atoms with Crippen molar-refractivity contribution in [1.29, 1.82) is 0 Å². The molecule has 8 nitrogen and oxygen atoms in total. The van der Waals surface area contributed by atoms with Gasteiger partial charge in [0, 0.05) is 26.3 Å². The minimum absolute atomic E-state index is 0. The van der Waals surface area contributed by atoms with Crippen LogP contribution in [-0.4, -0.2) is 66.3 Å².